The van der Waals surface area contributed by atoms with E-state index in [1.54, 1.807) is 19.2 Å². The molecule has 0 bridgehead atoms. The Bertz CT molecular complexity index is 663. The van der Waals surface area contributed by atoms with E-state index in [0.717, 1.165) is 25.2 Å². The normalized spacial score (nSPS) is 21.8. The maximum Gasteiger partial charge on any atom is 0.248 e. The number of benzene rings is 1. The topological polar surface area (TPSA) is 66.9 Å². The van der Waals surface area contributed by atoms with Gasteiger partial charge in [-0.1, -0.05) is 12.1 Å². The Morgan fingerprint density at radius 2 is 1.86 bits per heavy atom. The minimum absolute atomic E-state index is 0.0205. The van der Waals surface area contributed by atoms with Gasteiger partial charge in [-0.3, -0.25) is 14.5 Å². The molecular weight excluding hydrogens is 292 g/mol. The summed E-state index contributed by atoms with van der Waals surface area (Å²) in [6.45, 7) is 2.17. The average Bonchev–Trinajstić information content (AvgIpc) is 2.64. The highest BCUT2D eigenvalue weighted by Crippen LogP contribution is 2.35. The van der Waals surface area contributed by atoms with Crippen molar-refractivity contribution in [1.82, 2.24) is 9.96 Å². The molecular formula is C14H18N2O4S. The molecule has 2 aliphatic rings. The van der Waals surface area contributed by atoms with E-state index in [4.69, 9.17) is 4.84 Å². The zero-order valence-electron chi connectivity index (χ0n) is 12.1. The van der Waals surface area contributed by atoms with Gasteiger partial charge < -0.3 is 0 Å². The number of amides is 1. The summed E-state index contributed by atoms with van der Waals surface area (Å²) in [5.74, 6) is 0.0205. The van der Waals surface area contributed by atoms with Crippen LogP contribution in [0.1, 0.15) is 12.0 Å². The number of rotatable bonds is 3. The number of carbonyl (C=O) groups is 1. The minimum atomic E-state index is -3.15. The van der Waals surface area contributed by atoms with Crippen molar-refractivity contribution in [2.45, 2.75) is 23.5 Å². The van der Waals surface area contributed by atoms with Crippen LogP contribution >= 0.6 is 0 Å². The Balaban J connectivity index is 1.59. The van der Waals surface area contributed by atoms with Gasteiger partial charge in [0.25, 0.3) is 0 Å². The molecule has 1 aromatic carbocycles. The summed E-state index contributed by atoms with van der Waals surface area (Å²) in [4.78, 5) is 19.6. The third kappa shape index (κ3) is 2.81. The van der Waals surface area contributed by atoms with Crippen molar-refractivity contribution >= 4 is 15.7 Å². The van der Waals surface area contributed by atoms with Gasteiger partial charge in [-0.15, -0.1) is 0 Å². The lowest BCUT2D eigenvalue weighted by Crippen LogP contribution is -2.61. The van der Waals surface area contributed by atoms with Crippen molar-refractivity contribution in [1.29, 1.82) is 0 Å². The predicted octanol–water partition coefficient (Wildman–Crippen LogP) is 0.438. The molecule has 0 unspecified atom stereocenters. The molecule has 2 heterocycles. The van der Waals surface area contributed by atoms with Gasteiger partial charge in [0.1, 0.15) is 5.60 Å². The largest absolute Gasteiger partial charge is 0.293 e. The molecule has 3 rings (SSSR count). The Labute approximate surface area is 124 Å². The van der Waals surface area contributed by atoms with Crippen LogP contribution in [0.15, 0.2) is 29.2 Å². The lowest BCUT2D eigenvalue weighted by Gasteiger charge is -2.45. The highest BCUT2D eigenvalue weighted by Gasteiger charge is 2.52. The first-order chi connectivity index (χ1) is 9.77. The van der Waals surface area contributed by atoms with E-state index in [1.165, 1.54) is 11.3 Å². The SMILES string of the molecule is CN1OC2(CC1=O)CN(Cc1ccc(S(C)(=O)=O)cc1)C2. The second-order valence-corrected chi connectivity index (χ2v) is 7.92. The fourth-order valence-corrected chi connectivity index (χ4v) is 3.54. The first-order valence-corrected chi connectivity index (χ1v) is 8.64. The summed E-state index contributed by atoms with van der Waals surface area (Å²) in [5, 5.41) is 1.32. The number of hydroxylamine groups is 2. The predicted molar refractivity (Wildman–Crippen MR) is 76.0 cm³/mol. The van der Waals surface area contributed by atoms with Crippen LogP contribution < -0.4 is 0 Å². The first kappa shape index (κ1) is 14.5. The summed E-state index contributed by atoms with van der Waals surface area (Å²) < 4.78 is 22.8. The van der Waals surface area contributed by atoms with E-state index >= 15 is 0 Å². The highest BCUT2D eigenvalue weighted by molar-refractivity contribution is 7.90. The van der Waals surface area contributed by atoms with Crippen molar-refractivity contribution < 1.29 is 18.0 Å². The van der Waals surface area contributed by atoms with E-state index in [2.05, 4.69) is 4.90 Å². The average molecular weight is 310 g/mol. The van der Waals surface area contributed by atoms with Crippen molar-refractivity contribution in [3.63, 3.8) is 0 Å². The zero-order valence-corrected chi connectivity index (χ0v) is 12.9. The van der Waals surface area contributed by atoms with E-state index in [1.807, 2.05) is 12.1 Å². The monoisotopic (exact) mass is 310 g/mol. The third-order valence-corrected chi connectivity index (χ3v) is 5.06. The van der Waals surface area contributed by atoms with E-state index < -0.39 is 9.84 Å². The van der Waals surface area contributed by atoms with Gasteiger partial charge >= 0.3 is 0 Å². The molecule has 0 aromatic heterocycles. The van der Waals surface area contributed by atoms with Crippen LogP contribution in [-0.4, -0.2) is 56.3 Å². The molecule has 0 atom stereocenters. The number of sulfone groups is 1. The standard InChI is InChI=1S/C14H18N2O4S/c1-15-13(17)7-14(20-15)9-16(10-14)8-11-3-5-12(6-4-11)21(2,18)19/h3-6H,7-10H2,1-2H3. The number of likely N-dealkylation sites (tertiary alicyclic amines) is 1. The first-order valence-electron chi connectivity index (χ1n) is 6.75. The Hall–Kier alpha value is -1.44. The van der Waals surface area contributed by atoms with E-state index in [-0.39, 0.29) is 11.5 Å². The molecule has 0 N–H and O–H groups in total. The van der Waals surface area contributed by atoms with Gasteiger partial charge in [-0.2, -0.15) is 0 Å². The smallest absolute Gasteiger partial charge is 0.248 e. The minimum Gasteiger partial charge on any atom is -0.293 e. The number of carbonyl (C=O) groups excluding carboxylic acids is 1. The summed E-state index contributed by atoms with van der Waals surface area (Å²) in [6.07, 6.45) is 1.64. The van der Waals surface area contributed by atoms with Gasteiger partial charge in [0.15, 0.2) is 9.84 Å². The fraction of sp³-hybridized carbons (Fsp3) is 0.500. The lowest BCUT2D eigenvalue weighted by atomic mass is 9.90. The van der Waals surface area contributed by atoms with Crippen LogP contribution in [0.5, 0.6) is 0 Å². The summed E-state index contributed by atoms with van der Waals surface area (Å²) in [6, 6.07) is 6.91. The zero-order chi connectivity index (χ0) is 15.3. The fourth-order valence-electron chi connectivity index (χ4n) is 2.91. The molecule has 7 heteroatoms. The number of hydrogen-bond acceptors (Lipinski definition) is 5. The molecule has 2 saturated heterocycles. The quantitative estimate of drug-likeness (QED) is 0.810. The Morgan fingerprint density at radius 1 is 1.24 bits per heavy atom. The van der Waals surface area contributed by atoms with Crippen LogP contribution in [-0.2, 0) is 26.0 Å². The maximum atomic E-state index is 11.5. The summed E-state index contributed by atoms with van der Waals surface area (Å²) in [7, 11) is -1.50. The van der Waals surface area contributed by atoms with E-state index in [0.29, 0.717) is 11.3 Å². The molecule has 1 amide bonds. The van der Waals surface area contributed by atoms with Crippen molar-refractivity contribution in [2.75, 3.05) is 26.4 Å². The molecule has 1 spiro atoms. The molecule has 0 radical (unpaired) electrons. The Morgan fingerprint density at radius 3 is 2.33 bits per heavy atom. The molecule has 0 aliphatic carbocycles. The van der Waals surface area contributed by atoms with Crippen LogP contribution in [0, 0.1) is 0 Å². The molecule has 1 aromatic rings. The van der Waals surface area contributed by atoms with Gasteiger partial charge in [0.05, 0.1) is 11.3 Å². The second kappa shape index (κ2) is 4.79. The van der Waals surface area contributed by atoms with Gasteiger partial charge in [0, 0.05) is 32.9 Å². The molecule has 21 heavy (non-hydrogen) atoms. The van der Waals surface area contributed by atoms with Crippen molar-refractivity contribution in [2.24, 2.45) is 0 Å². The van der Waals surface area contributed by atoms with Gasteiger partial charge in [-0.05, 0) is 17.7 Å². The second-order valence-electron chi connectivity index (χ2n) is 5.90. The van der Waals surface area contributed by atoms with Gasteiger partial charge in [0.2, 0.25) is 5.91 Å². The van der Waals surface area contributed by atoms with Crippen molar-refractivity contribution in [3.8, 4) is 0 Å². The molecule has 114 valence electrons. The van der Waals surface area contributed by atoms with Crippen LogP contribution in [0.3, 0.4) is 0 Å². The third-order valence-electron chi connectivity index (χ3n) is 3.94. The van der Waals surface area contributed by atoms with Crippen LogP contribution in [0.4, 0.5) is 0 Å². The Kier molecular flexibility index (Phi) is 3.31. The number of hydrogen-bond donors (Lipinski definition) is 0. The van der Waals surface area contributed by atoms with Crippen LogP contribution in [0.25, 0.3) is 0 Å². The van der Waals surface area contributed by atoms with Crippen LogP contribution in [0.2, 0.25) is 0 Å². The van der Waals surface area contributed by atoms with E-state index in [9.17, 15) is 13.2 Å². The van der Waals surface area contributed by atoms with Gasteiger partial charge in [-0.25, -0.2) is 13.5 Å². The lowest BCUT2D eigenvalue weighted by molar-refractivity contribution is -0.227. The maximum absolute atomic E-state index is 11.5. The van der Waals surface area contributed by atoms with Crippen molar-refractivity contribution in [3.05, 3.63) is 29.8 Å². The number of nitrogens with zero attached hydrogens (tertiary/aromatic N) is 2. The molecule has 2 fully saturated rings. The molecule has 6 nitrogen and oxygen atoms in total. The summed E-state index contributed by atoms with van der Waals surface area (Å²) >= 11 is 0. The molecule has 0 saturated carbocycles. The highest BCUT2D eigenvalue weighted by atomic mass is 32.2. The molecule has 2 aliphatic heterocycles. The summed E-state index contributed by atoms with van der Waals surface area (Å²) in [5.41, 5.74) is 0.702.